The van der Waals surface area contributed by atoms with E-state index in [0.29, 0.717) is 12.5 Å². The Kier molecular flexibility index (Phi) is 4.84. The number of guanidine groups is 1. The zero-order chi connectivity index (χ0) is 16.3. The van der Waals surface area contributed by atoms with E-state index in [1.54, 1.807) is 18.4 Å². The first-order valence-corrected chi connectivity index (χ1v) is 8.60. The van der Waals surface area contributed by atoms with Gasteiger partial charge in [0.25, 0.3) is 0 Å². The number of ether oxygens (including phenoxy) is 1. The Bertz CT molecular complexity index is 661. The van der Waals surface area contributed by atoms with Crippen molar-refractivity contribution in [2.75, 3.05) is 33.4 Å². The van der Waals surface area contributed by atoms with Crippen LogP contribution in [0, 0.1) is 5.41 Å². The molecule has 6 heteroatoms. The molecule has 1 aromatic carbocycles. The van der Waals surface area contributed by atoms with E-state index in [4.69, 9.17) is 4.74 Å². The number of aliphatic hydroxyl groups is 1. The van der Waals surface area contributed by atoms with Gasteiger partial charge in [-0.25, -0.2) is 0 Å². The van der Waals surface area contributed by atoms with Crippen molar-refractivity contribution in [1.29, 1.82) is 0 Å². The van der Waals surface area contributed by atoms with E-state index in [0.717, 1.165) is 24.6 Å². The van der Waals surface area contributed by atoms with Gasteiger partial charge in [0.2, 0.25) is 0 Å². The molecular formula is C17H23N3O2S. The van der Waals surface area contributed by atoms with Crippen molar-refractivity contribution in [2.45, 2.75) is 13.0 Å². The fourth-order valence-corrected chi connectivity index (χ4v) is 3.58. The van der Waals surface area contributed by atoms with Crippen molar-refractivity contribution in [3.63, 3.8) is 0 Å². The average Bonchev–Trinajstić information content (AvgIpc) is 2.97. The summed E-state index contributed by atoms with van der Waals surface area (Å²) in [6.45, 7) is 4.98. The molecule has 0 saturated carbocycles. The molecule has 1 atom stereocenters. The van der Waals surface area contributed by atoms with E-state index >= 15 is 0 Å². The molecule has 1 aromatic heterocycles. The lowest BCUT2D eigenvalue weighted by atomic mass is 9.89. The zero-order valence-electron chi connectivity index (χ0n) is 13.5. The summed E-state index contributed by atoms with van der Waals surface area (Å²) in [6, 6.07) is 10.2. The highest BCUT2D eigenvalue weighted by atomic mass is 32.1. The molecule has 0 aliphatic carbocycles. The number of thiophene rings is 1. The van der Waals surface area contributed by atoms with Crippen LogP contribution in [0.4, 0.5) is 0 Å². The Morgan fingerprint density at radius 2 is 2.17 bits per heavy atom. The molecule has 3 N–H and O–H groups in total. The summed E-state index contributed by atoms with van der Waals surface area (Å²) in [6.07, 6.45) is -0.548. The normalized spacial score (nSPS) is 18.5. The number of nitrogens with zero attached hydrogens (tertiary/aromatic N) is 1. The van der Waals surface area contributed by atoms with Gasteiger partial charge in [-0.05, 0) is 17.5 Å². The van der Waals surface area contributed by atoms with Crippen LogP contribution in [0.5, 0.6) is 0 Å². The van der Waals surface area contributed by atoms with Crippen LogP contribution in [0.1, 0.15) is 17.9 Å². The number of aliphatic hydroxyl groups excluding tert-OH is 1. The highest BCUT2D eigenvalue weighted by molar-refractivity contribution is 7.19. The average molecular weight is 333 g/mol. The molecule has 1 unspecified atom stereocenters. The molecule has 2 aromatic rings. The number of aliphatic imine (C=N–C) groups is 1. The molecule has 5 nitrogen and oxygen atoms in total. The second-order valence-electron chi connectivity index (χ2n) is 6.31. The van der Waals surface area contributed by atoms with Gasteiger partial charge in [-0.1, -0.05) is 25.1 Å². The Labute approximate surface area is 140 Å². The largest absolute Gasteiger partial charge is 0.386 e. The third-order valence-corrected chi connectivity index (χ3v) is 5.26. The maximum atomic E-state index is 10.4. The number of rotatable bonds is 5. The molecule has 0 spiro atoms. The molecule has 3 rings (SSSR count). The van der Waals surface area contributed by atoms with Gasteiger partial charge in [0.1, 0.15) is 6.10 Å². The van der Waals surface area contributed by atoms with E-state index < -0.39 is 6.10 Å². The fraction of sp³-hybridized carbons (Fsp3) is 0.471. The van der Waals surface area contributed by atoms with E-state index in [-0.39, 0.29) is 5.41 Å². The van der Waals surface area contributed by atoms with Gasteiger partial charge in [-0.15, -0.1) is 11.3 Å². The molecule has 124 valence electrons. The monoisotopic (exact) mass is 333 g/mol. The van der Waals surface area contributed by atoms with Crippen LogP contribution >= 0.6 is 11.3 Å². The summed E-state index contributed by atoms with van der Waals surface area (Å²) in [7, 11) is 1.74. The predicted octanol–water partition coefficient (Wildman–Crippen LogP) is 2.14. The minimum absolute atomic E-state index is 0.182. The standard InChI is InChI=1S/C17H23N3O2S/c1-17(10-22-11-17)9-20-16(18-2)19-8-13(21)15-7-12-5-3-4-6-14(12)23-15/h3-7,13,21H,8-11H2,1-2H3,(H2,18,19,20). The first-order chi connectivity index (χ1) is 11.1. The van der Waals surface area contributed by atoms with Gasteiger partial charge in [-0.3, -0.25) is 4.99 Å². The van der Waals surface area contributed by atoms with Crippen molar-refractivity contribution in [2.24, 2.45) is 10.4 Å². The lowest BCUT2D eigenvalue weighted by Gasteiger charge is -2.38. The third kappa shape index (κ3) is 3.83. The molecule has 2 heterocycles. The predicted molar refractivity (Wildman–Crippen MR) is 95.1 cm³/mol. The van der Waals surface area contributed by atoms with Gasteiger partial charge in [0, 0.05) is 35.1 Å². The number of benzene rings is 1. The maximum Gasteiger partial charge on any atom is 0.191 e. The second kappa shape index (κ2) is 6.86. The fourth-order valence-electron chi connectivity index (χ4n) is 2.53. The van der Waals surface area contributed by atoms with E-state index in [2.05, 4.69) is 40.7 Å². The van der Waals surface area contributed by atoms with Crippen LogP contribution in [0.15, 0.2) is 35.3 Å². The molecule has 1 saturated heterocycles. The summed E-state index contributed by atoms with van der Waals surface area (Å²) in [4.78, 5) is 5.17. The molecule has 0 bridgehead atoms. The molecule has 1 aliphatic rings. The van der Waals surface area contributed by atoms with Gasteiger partial charge < -0.3 is 20.5 Å². The Hall–Kier alpha value is -1.63. The highest BCUT2D eigenvalue weighted by Gasteiger charge is 2.33. The quantitative estimate of drug-likeness (QED) is 0.579. The second-order valence-corrected chi connectivity index (χ2v) is 7.43. The van der Waals surface area contributed by atoms with Gasteiger partial charge in [0.05, 0.1) is 13.2 Å². The summed E-state index contributed by atoms with van der Waals surface area (Å²) >= 11 is 1.63. The number of fused-ring (bicyclic) bond motifs is 1. The van der Waals surface area contributed by atoms with Crippen LogP contribution in [-0.4, -0.2) is 44.4 Å². The Morgan fingerprint density at radius 1 is 1.39 bits per heavy atom. The number of hydrogen-bond donors (Lipinski definition) is 3. The van der Waals surface area contributed by atoms with E-state index in [1.165, 1.54) is 10.1 Å². The van der Waals surface area contributed by atoms with Crippen molar-refractivity contribution < 1.29 is 9.84 Å². The van der Waals surface area contributed by atoms with Crippen LogP contribution in [0.3, 0.4) is 0 Å². The topological polar surface area (TPSA) is 65.9 Å². The lowest BCUT2D eigenvalue weighted by molar-refractivity contribution is -0.0971. The van der Waals surface area contributed by atoms with Gasteiger partial charge in [-0.2, -0.15) is 0 Å². The first kappa shape index (κ1) is 16.2. The Balaban J connectivity index is 1.53. The summed E-state index contributed by atoms with van der Waals surface area (Å²) in [5.74, 6) is 0.707. The SMILES string of the molecule is CN=C(NCC(O)c1cc2ccccc2s1)NCC1(C)COC1. The van der Waals surface area contributed by atoms with Crippen molar-refractivity contribution in [1.82, 2.24) is 10.6 Å². The minimum atomic E-state index is -0.548. The summed E-state index contributed by atoms with van der Waals surface area (Å²) in [5, 5.41) is 18.1. The molecular weight excluding hydrogens is 310 g/mol. The van der Waals surface area contributed by atoms with Crippen LogP contribution < -0.4 is 10.6 Å². The molecule has 23 heavy (non-hydrogen) atoms. The zero-order valence-corrected chi connectivity index (χ0v) is 14.3. The molecule has 0 radical (unpaired) electrons. The van der Waals surface area contributed by atoms with Crippen LogP contribution in [0.25, 0.3) is 10.1 Å². The van der Waals surface area contributed by atoms with Crippen LogP contribution in [-0.2, 0) is 4.74 Å². The molecule has 1 aliphatic heterocycles. The minimum Gasteiger partial charge on any atom is -0.386 e. The van der Waals surface area contributed by atoms with Crippen molar-refractivity contribution in [3.8, 4) is 0 Å². The van der Waals surface area contributed by atoms with E-state index in [1.807, 2.05) is 12.1 Å². The first-order valence-electron chi connectivity index (χ1n) is 7.78. The van der Waals surface area contributed by atoms with Gasteiger partial charge >= 0.3 is 0 Å². The lowest BCUT2D eigenvalue weighted by Crippen LogP contribution is -2.51. The van der Waals surface area contributed by atoms with Gasteiger partial charge in [0.15, 0.2) is 5.96 Å². The summed E-state index contributed by atoms with van der Waals surface area (Å²) in [5.41, 5.74) is 0.182. The van der Waals surface area contributed by atoms with Crippen molar-refractivity contribution in [3.05, 3.63) is 35.2 Å². The van der Waals surface area contributed by atoms with Crippen LogP contribution in [0.2, 0.25) is 0 Å². The molecule has 0 amide bonds. The number of nitrogens with one attached hydrogen (secondary N) is 2. The smallest absolute Gasteiger partial charge is 0.191 e. The molecule has 1 fully saturated rings. The summed E-state index contributed by atoms with van der Waals surface area (Å²) < 4.78 is 6.45. The highest BCUT2D eigenvalue weighted by Crippen LogP contribution is 2.29. The number of hydrogen-bond acceptors (Lipinski definition) is 4. The van der Waals surface area contributed by atoms with Crippen molar-refractivity contribution >= 4 is 27.4 Å². The van der Waals surface area contributed by atoms with E-state index in [9.17, 15) is 5.11 Å². The third-order valence-electron chi connectivity index (χ3n) is 4.04. The Morgan fingerprint density at radius 3 is 2.83 bits per heavy atom. The maximum absolute atomic E-state index is 10.4.